The highest BCUT2D eigenvalue weighted by molar-refractivity contribution is 5.97. The number of carbonyl (C=O) groups excluding carboxylic acids is 1. The van der Waals surface area contributed by atoms with Gasteiger partial charge in [0.15, 0.2) is 0 Å². The van der Waals surface area contributed by atoms with Gasteiger partial charge in [-0.25, -0.2) is 0 Å². The summed E-state index contributed by atoms with van der Waals surface area (Å²) in [5.74, 6) is -2.35. The molecule has 0 radical (unpaired) electrons. The zero-order valence-corrected chi connectivity index (χ0v) is 15.1. The van der Waals surface area contributed by atoms with Crippen LogP contribution in [-0.2, 0) is 4.79 Å². The first-order valence-corrected chi connectivity index (χ1v) is 8.62. The number of hydrogen-bond donors (Lipinski definition) is 1. The van der Waals surface area contributed by atoms with Gasteiger partial charge in [0.05, 0.1) is 10.8 Å². The Kier molecular flexibility index (Phi) is 4.94. The summed E-state index contributed by atoms with van der Waals surface area (Å²) in [6, 6.07) is 12.2. The maximum atomic E-state index is 13.0. The molecule has 0 saturated carbocycles. The van der Waals surface area contributed by atoms with Crippen LogP contribution in [0.5, 0.6) is 0 Å². The van der Waals surface area contributed by atoms with Gasteiger partial charge in [0.1, 0.15) is 0 Å². The first kappa shape index (κ1) is 18.6. The van der Waals surface area contributed by atoms with Crippen molar-refractivity contribution in [2.45, 2.75) is 19.8 Å². The number of carboxylic acid groups (broad SMARTS) is 1. The number of hydrogen-bond acceptors (Lipinski definition) is 4. The van der Waals surface area contributed by atoms with Crippen LogP contribution in [0.15, 0.2) is 42.5 Å². The molecular formula is C20H20N2O5. The first-order chi connectivity index (χ1) is 12.8. The van der Waals surface area contributed by atoms with E-state index < -0.39 is 16.8 Å². The normalized spacial score (nSPS) is 19.1. The molecular weight excluding hydrogens is 348 g/mol. The zero-order chi connectivity index (χ0) is 19.7. The van der Waals surface area contributed by atoms with Crippen LogP contribution in [0.4, 0.5) is 5.69 Å². The first-order valence-electron chi connectivity index (χ1n) is 8.62. The van der Waals surface area contributed by atoms with Crippen LogP contribution in [0, 0.1) is 29.9 Å². The van der Waals surface area contributed by atoms with Gasteiger partial charge in [-0.2, -0.15) is 0 Å². The maximum Gasteiger partial charge on any atom is 0.308 e. The lowest BCUT2D eigenvalue weighted by Crippen LogP contribution is -2.30. The highest BCUT2D eigenvalue weighted by Crippen LogP contribution is 2.34. The Labute approximate surface area is 156 Å². The van der Waals surface area contributed by atoms with Crippen molar-refractivity contribution in [1.29, 1.82) is 0 Å². The van der Waals surface area contributed by atoms with Gasteiger partial charge < -0.3 is 10.0 Å². The molecule has 1 N–H and O–H groups in total. The average molecular weight is 368 g/mol. The monoisotopic (exact) mass is 368 g/mol. The predicted octanol–water partition coefficient (Wildman–Crippen LogP) is 3.15. The number of amides is 1. The van der Waals surface area contributed by atoms with E-state index in [2.05, 4.69) is 0 Å². The summed E-state index contributed by atoms with van der Waals surface area (Å²) in [4.78, 5) is 36.9. The lowest BCUT2D eigenvalue weighted by atomic mass is 9.89. The van der Waals surface area contributed by atoms with Crippen molar-refractivity contribution in [3.63, 3.8) is 0 Å². The largest absolute Gasteiger partial charge is 0.481 e. The fourth-order valence-corrected chi connectivity index (χ4v) is 3.70. The van der Waals surface area contributed by atoms with Gasteiger partial charge in [0.2, 0.25) is 0 Å². The van der Waals surface area contributed by atoms with E-state index in [0.29, 0.717) is 11.1 Å². The molecule has 7 heteroatoms. The molecule has 2 aromatic carbocycles. The molecule has 1 aliphatic heterocycles. The number of carbonyl (C=O) groups is 2. The molecule has 1 saturated heterocycles. The third-order valence-electron chi connectivity index (χ3n) is 5.12. The van der Waals surface area contributed by atoms with E-state index in [0.717, 1.165) is 5.56 Å². The molecule has 0 spiro atoms. The molecule has 1 fully saturated rings. The molecule has 0 unspecified atom stereocenters. The van der Waals surface area contributed by atoms with E-state index in [-0.39, 0.29) is 36.2 Å². The molecule has 2 atom stereocenters. The zero-order valence-electron chi connectivity index (χ0n) is 15.1. The molecule has 27 heavy (non-hydrogen) atoms. The molecule has 3 rings (SSSR count). The Morgan fingerprint density at radius 3 is 2.37 bits per heavy atom. The van der Waals surface area contributed by atoms with Gasteiger partial charge in [-0.1, -0.05) is 30.3 Å². The van der Waals surface area contributed by atoms with Crippen LogP contribution in [0.1, 0.15) is 33.0 Å². The topological polar surface area (TPSA) is 101 Å². The molecule has 0 aromatic heterocycles. The molecule has 0 aliphatic carbocycles. The van der Waals surface area contributed by atoms with Crippen LogP contribution in [0.3, 0.4) is 0 Å². The van der Waals surface area contributed by atoms with E-state index in [1.54, 1.807) is 19.9 Å². The van der Waals surface area contributed by atoms with Crippen molar-refractivity contribution in [2.24, 2.45) is 5.92 Å². The molecule has 2 aromatic rings. The third kappa shape index (κ3) is 3.53. The maximum absolute atomic E-state index is 13.0. The summed E-state index contributed by atoms with van der Waals surface area (Å²) in [6.45, 7) is 3.69. The summed E-state index contributed by atoms with van der Waals surface area (Å²) in [6.07, 6.45) is 0. The Balaban J connectivity index is 1.93. The standard InChI is InChI=1S/C20H20N2O5/c1-12-8-13(2)18(22(26)27)9-15(12)19(23)21-10-16(17(11-21)20(24)25)14-6-4-3-5-7-14/h3-9,16-17H,10-11H2,1-2H3,(H,24,25)/t16-,17-/m0/s1. The highest BCUT2D eigenvalue weighted by Gasteiger charge is 2.41. The number of aryl methyl sites for hydroxylation is 2. The second-order valence-corrected chi connectivity index (χ2v) is 6.88. The van der Waals surface area contributed by atoms with Crippen molar-refractivity contribution in [2.75, 3.05) is 13.1 Å². The Morgan fingerprint density at radius 1 is 1.11 bits per heavy atom. The van der Waals surface area contributed by atoms with Crippen molar-refractivity contribution in [1.82, 2.24) is 4.90 Å². The van der Waals surface area contributed by atoms with E-state index in [4.69, 9.17) is 0 Å². The number of benzene rings is 2. The fraction of sp³-hybridized carbons (Fsp3) is 0.300. The molecule has 1 heterocycles. The summed E-state index contributed by atoms with van der Waals surface area (Å²) in [7, 11) is 0. The summed E-state index contributed by atoms with van der Waals surface area (Å²) in [5, 5.41) is 20.8. The molecule has 1 aliphatic rings. The molecule has 140 valence electrons. The van der Waals surface area contributed by atoms with Gasteiger partial charge >= 0.3 is 5.97 Å². The minimum atomic E-state index is -0.953. The second-order valence-electron chi connectivity index (χ2n) is 6.88. The summed E-state index contributed by atoms with van der Waals surface area (Å²) < 4.78 is 0. The van der Waals surface area contributed by atoms with Gasteiger partial charge in [-0.15, -0.1) is 0 Å². The van der Waals surface area contributed by atoms with Crippen molar-refractivity contribution in [3.8, 4) is 0 Å². The predicted molar refractivity (Wildman–Crippen MR) is 98.8 cm³/mol. The summed E-state index contributed by atoms with van der Waals surface area (Å²) >= 11 is 0. The minimum absolute atomic E-state index is 0.0782. The number of nitro benzene ring substituents is 1. The Bertz CT molecular complexity index is 910. The summed E-state index contributed by atoms with van der Waals surface area (Å²) in [5.41, 5.74) is 2.12. The van der Waals surface area contributed by atoms with Gasteiger partial charge in [0, 0.05) is 36.2 Å². The number of carboxylic acids is 1. The lowest BCUT2D eigenvalue weighted by molar-refractivity contribution is -0.385. The number of likely N-dealkylation sites (tertiary alicyclic amines) is 1. The molecule has 1 amide bonds. The fourth-order valence-electron chi connectivity index (χ4n) is 3.70. The lowest BCUT2D eigenvalue weighted by Gasteiger charge is -2.18. The Morgan fingerprint density at radius 2 is 1.78 bits per heavy atom. The van der Waals surface area contributed by atoms with Gasteiger partial charge in [0.25, 0.3) is 11.6 Å². The van der Waals surface area contributed by atoms with Gasteiger partial charge in [-0.3, -0.25) is 19.7 Å². The number of nitro groups is 1. The number of nitrogens with zero attached hydrogens (tertiary/aromatic N) is 2. The van der Waals surface area contributed by atoms with Crippen LogP contribution in [0.2, 0.25) is 0 Å². The third-order valence-corrected chi connectivity index (χ3v) is 5.12. The van der Waals surface area contributed by atoms with E-state index in [1.165, 1.54) is 11.0 Å². The quantitative estimate of drug-likeness (QED) is 0.660. The van der Waals surface area contributed by atoms with Gasteiger partial charge in [-0.05, 0) is 31.0 Å². The Hall–Kier alpha value is -3.22. The van der Waals surface area contributed by atoms with Crippen LogP contribution in [0.25, 0.3) is 0 Å². The van der Waals surface area contributed by atoms with E-state index >= 15 is 0 Å². The van der Waals surface area contributed by atoms with E-state index in [1.807, 2.05) is 30.3 Å². The number of aliphatic carboxylic acids is 1. The van der Waals surface area contributed by atoms with Crippen LogP contribution >= 0.6 is 0 Å². The highest BCUT2D eigenvalue weighted by atomic mass is 16.6. The SMILES string of the molecule is Cc1cc(C)c([N+](=O)[O-])cc1C(=O)N1C[C@H](C(=O)O)[C@H](c2ccccc2)C1. The van der Waals surface area contributed by atoms with Crippen LogP contribution < -0.4 is 0 Å². The van der Waals surface area contributed by atoms with E-state index in [9.17, 15) is 24.8 Å². The number of rotatable bonds is 4. The van der Waals surface area contributed by atoms with Crippen LogP contribution in [-0.4, -0.2) is 39.9 Å². The average Bonchev–Trinajstić information content (AvgIpc) is 3.07. The molecule has 0 bridgehead atoms. The van der Waals surface area contributed by atoms with Crippen molar-refractivity contribution >= 4 is 17.6 Å². The minimum Gasteiger partial charge on any atom is -0.481 e. The van der Waals surface area contributed by atoms with Crippen molar-refractivity contribution < 1.29 is 19.6 Å². The second kappa shape index (κ2) is 7.19. The smallest absolute Gasteiger partial charge is 0.308 e. The van der Waals surface area contributed by atoms with Crippen molar-refractivity contribution in [3.05, 3.63) is 74.8 Å². The molecule has 7 nitrogen and oxygen atoms in total.